The van der Waals surface area contributed by atoms with E-state index in [1.165, 1.54) is 23.8 Å². The third-order valence-corrected chi connectivity index (χ3v) is 4.46. The van der Waals surface area contributed by atoms with Gasteiger partial charge in [0.05, 0.1) is 18.7 Å². The van der Waals surface area contributed by atoms with Gasteiger partial charge in [-0.25, -0.2) is 4.79 Å². The van der Waals surface area contributed by atoms with Gasteiger partial charge in [0.1, 0.15) is 0 Å². The highest BCUT2D eigenvalue weighted by Crippen LogP contribution is 2.21. The Labute approximate surface area is 154 Å². The molecule has 5 heteroatoms. The van der Waals surface area contributed by atoms with Crippen LogP contribution in [0.2, 0.25) is 0 Å². The molecule has 2 rings (SSSR count). The average molecular weight is 356 g/mol. The molecular weight excluding hydrogens is 332 g/mol. The second-order valence-corrected chi connectivity index (χ2v) is 6.56. The first-order valence-corrected chi connectivity index (χ1v) is 8.57. The van der Waals surface area contributed by atoms with E-state index in [1.54, 1.807) is 12.1 Å². The summed E-state index contributed by atoms with van der Waals surface area (Å²) in [5.74, 6) is -0.358. The third kappa shape index (κ3) is 4.57. The Kier molecular flexibility index (Phi) is 6.15. The van der Waals surface area contributed by atoms with Crippen molar-refractivity contribution in [2.24, 2.45) is 0 Å². The van der Waals surface area contributed by atoms with Crippen LogP contribution in [0.4, 0.5) is 5.69 Å². The van der Waals surface area contributed by atoms with Crippen LogP contribution in [0.1, 0.15) is 45.6 Å². The molecule has 2 aromatic carbocycles. The standard InChI is InChI=1S/C20H24N2O2S/c1-12-9-10-13(2)17(11-12)15(4)21-20(25)22-18-8-6-7-16(14(18)3)19(23)24-5/h6-11,15H,1-5H3,(H2,21,22,25)/t15-/m0/s1. The van der Waals surface area contributed by atoms with Gasteiger partial charge in [-0.2, -0.15) is 0 Å². The molecule has 0 aliphatic heterocycles. The van der Waals surface area contributed by atoms with E-state index in [0.717, 1.165) is 11.3 Å². The number of esters is 1. The quantitative estimate of drug-likeness (QED) is 0.626. The van der Waals surface area contributed by atoms with Crippen molar-refractivity contribution in [1.29, 1.82) is 0 Å². The Balaban J connectivity index is 2.13. The molecule has 0 heterocycles. The summed E-state index contributed by atoms with van der Waals surface area (Å²) in [5.41, 5.74) is 5.76. The SMILES string of the molecule is COC(=O)c1cccc(NC(=S)N[C@@H](C)c2cc(C)ccc2C)c1C. The fourth-order valence-corrected chi connectivity index (χ4v) is 3.05. The summed E-state index contributed by atoms with van der Waals surface area (Å²) < 4.78 is 4.81. The predicted molar refractivity (Wildman–Crippen MR) is 106 cm³/mol. The van der Waals surface area contributed by atoms with E-state index in [4.69, 9.17) is 17.0 Å². The van der Waals surface area contributed by atoms with Crippen molar-refractivity contribution >= 4 is 29.0 Å². The molecule has 0 aliphatic carbocycles. The largest absolute Gasteiger partial charge is 0.465 e. The Morgan fingerprint density at radius 1 is 1.16 bits per heavy atom. The number of methoxy groups -OCH3 is 1. The van der Waals surface area contributed by atoms with Crippen molar-refractivity contribution in [1.82, 2.24) is 5.32 Å². The number of carbonyl (C=O) groups excluding carboxylic acids is 1. The van der Waals surface area contributed by atoms with Gasteiger partial charge in [0, 0.05) is 5.69 Å². The summed E-state index contributed by atoms with van der Waals surface area (Å²) in [4.78, 5) is 11.8. The number of nitrogens with one attached hydrogen (secondary N) is 2. The number of aryl methyl sites for hydroxylation is 2. The zero-order chi connectivity index (χ0) is 18.6. The van der Waals surface area contributed by atoms with E-state index in [9.17, 15) is 4.79 Å². The smallest absolute Gasteiger partial charge is 0.338 e. The number of hydrogen-bond acceptors (Lipinski definition) is 3. The molecule has 0 fully saturated rings. The number of rotatable bonds is 4. The van der Waals surface area contributed by atoms with Gasteiger partial charge in [0.25, 0.3) is 0 Å². The molecule has 2 aromatic rings. The van der Waals surface area contributed by atoms with Crippen molar-refractivity contribution in [3.63, 3.8) is 0 Å². The molecule has 0 radical (unpaired) electrons. The lowest BCUT2D eigenvalue weighted by molar-refractivity contribution is 0.0600. The fourth-order valence-electron chi connectivity index (χ4n) is 2.76. The summed E-state index contributed by atoms with van der Waals surface area (Å²) in [6, 6.07) is 11.9. The maximum atomic E-state index is 11.8. The number of benzene rings is 2. The second kappa shape index (κ2) is 8.12. The first kappa shape index (κ1) is 18.9. The molecule has 0 saturated heterocycles. The number of ether oxygens (including phenoxy) is 1. The Morgan fingerprint density at radius 2 is 1.88 bits per heavy atom. The van der Waals surface area contributed by atoms with Gasteiger partial charge in [-0.05, 0) is 68.7 Å². The zero-order valence-corrected chi connectivity index (χ0v) is 16.1. The van der Waals surface area contributed by atoms with Crippen molar-refractivity contribution < 1.29 is 9.53 Å². The van der Waals surface area contributed by atoms with Gasteiger partial charge >= 0.3 is 5.97 Å². The van der Waals surface area contributed by atoms with Crippen LogP contribution in [0, 0.1) is 20.8 Å². The summed E-state index contributed by atoms with van der Waals surface area (Å²) >= 11 is 5.45. The van der Waals surface area contributed by atoms with E-state index in [1.807, 2.05) is 13.0 Å². The van der Waals surface area contributed by atoms with Crippen LogP contribution in [-0.4, -0.2) is 18.2 Å². The minimum atomic E-state index is -0.358. The van der Waals surface area contributed by atoms with Crippen LogP contribution in [0.15, 0.2) is 36.4 Å². The summed E-state index contributed by atoms with van der Waals surface area (Å²) in [7, 11) is 1.37. The number of anilines is 1. The van der Waals surface area contributed by atoms with Gasteiger partial charge in [0.15, 0.2) is 5.11 Å². The first-order valence-electron chi connectivity index (χ1n) is 8.16. The molecule has 0 aliphatic rings. The van der Waals surface area contributed by atoms with Crippen LogP contribution in [0.3, 0.4) is 0 Å². The summed E-state index contributed by atoms with van der Waals surface area (Å²) in [5, 5.41) is 7.00. The molecule has 0 aromatic heterocycles. The summed E-state index contributed by atoms with van der Waals surface area (Å²) in [6.45, 7) is 8.11. The predicted octanol–water partition coefficient (Wildman–Crippen LogP) is 4.45. The van der Waals surface area contributed by atoms with E-state index >= 15 is 0 Å². The molecule has 4 nitrogen and oxygen atoms in total. The fraction of sp³-hybridized carbons (Fsp3) is 0.300. The van der Waals surface area contributed by atoms with Crippen LogP contribution in [-0.2, 0) is 4.74 Å². The molecule has 2 N–H and O–H groups in total. The topological polar surface area (TPSA) is 50.4 Å². The molecular formula is C20H24N2O2S. The number of carbonyl (C=O) groups is 1. The molecule has 25 heavy (non-hydrogen) atoms. The highest BCUT2D eigenvalue weighted by molar-refractivity contribution is 7.80. The van der Waals surface area contributed by atoms with E-state index in [2.05, 4.69) is 49.6 Å². The Bertz CT molecular complexity index is 802. The van der Waals surface area contributed by atoms with Crippen LogP contribution >= 0.6 is 12.2 Å². The van der Waals surface area contributed by atoms with E-state index < -0.39 is 0 Å². The van der Waals surface area contributed by atoms with Gasteiger partial charge in [-0.15, -0.1) is 0 Å². The maximum absolute atomic E-state index is 11.8. The molecule has 0 spiro atoms. The Hall–Kier alpha value is -2.40. The highest BCUT2D eigenvalue weighted by atomic mass is 32.1. The van der Waals surface area contributed by atoms with E-state index in [-0.39, 0.29) is 12.0 Å². The summed E-state index contributed by atoms with van der Waals surface area (Å²) in [6.07, 6.45) is 0. The number of hydrogen-bond donors (Lipinski definition) is 2. The van der Waals surface area contributed by atoms with Crippen molar-refractivity contribution in [2.75, 3.05) is 12.4 Å². The molecule has 132 valence electrons. The molecule has 1 atom stereocenters. The number of thiocarbonyl (C=S) groups is 1. The van der Waals surface area contributed by atoms with Gasteiger partial charge in [-0.1, -0.05) is 29.8 Å². The normalized spacial score (nSPS) is 11.6. The van der Waals surface area contributed by atoms with Crippen molar-refractivity contribution in [3.05, 3.63) is 64.2 Å². The minimum Gasteiger partial charge on any atom is -0.465 e. The van der Waals surface area contributed by atoms with Gasteiger partial charge in [-0.3, -0.25) is 0 Å². The average Bonchev–Trinajstić information content (AvgIpc) is 2.58. The minimum absolute atomic E-state index is 0.0731. The second-order valence-electron chi connectivity index (χ2n) is 6.15. The first-order chi connectivity index (χ1) is 11.8. The monoisotopic (exact) mass is 356 g/mol. The zero-order valence-electron chi connectivity index (χ0n) is 15.3. The van der Waals surface area contributed by atoms with Gasteiger partial charge in [0.2, 0.25) is 0 Å². The lowest BCUT2D eigenvalue weighted by Crippen LogP contribution is -2.31. The van der Waals surface area contributed by atoms with Crippen molar-refractivity contribution in [2.45, 2.75) is 33.7 Å². The lowest BCUT2D eigenvalue weighted by atomic mass is 10.0. The van der Waals surface area contributed by atoms with Crippen molar-refractivity contribution in [3.8, 4) is 0 Å². The van der Waals surface area contributed by atoms with E-state index in [0.29, 0.717) is 10.7 Å². The molecule has 0 saturated carbocycles. The molecule has 0 amide bonds. The van der Waals surface area contributed by atoms with Crippen LogP contribution < -0.4 is 10.6 Å². The maximum Gasteiger partial charge on any atom is 0.338 e. The lowest BCUT2D eigenvalue weighted by Gasteiger charge is -2.20. The van der Waals surface area contributed by atoms with Crippen LogP contribution in [0.25, 0.3) is 0 Å². The third-order valence-electron chi connectivity index (χ3n) is 4.24. The Morgan fingerprint density at radius 3 is 2.56 bits per heavy atom. The molecule has 0 unspecified atom stereocenters. The highest BCUT2D eigenvalue weighted by Gasteiger charge is 2.14. The molecule has 0 bridgehead atoms. The van der Waals surface area contributed by atoms with Crippen LogP contribution in [0.5, 0.6) is 0 Å². The van der Waals surface area contributed by atoms with Gasteiger partial charge < -0.3 is 15.4 Å².